The Labute approximate surface area is 210 Å². The first-order chi connectivity index (χ1) is 17.2. The van der Waals surface area contributed by atoms with Gasteiger partial charge in [-0.05, 0) is 30.2 Å². The van der Waals surface area contributed by atoms with Gasteiger partial charge >= 0.3 is 0 Å². The van der Waals surface area contributed by atoms with E-state index in [1.807, 2.05) is 61.5 Å². The lowest BCUT2D eigenvalue weighted by Crippen LogP contribution is -2.52. The van der Waals surface area contributed by atoms with Crippen molar-refractivity contribution in [1.82, 2.24) is 14.5 Å². The van der Waals surface area contributed by atoms with Gasteiger partial charge < -0.3 is 10.2 Å². The lowest BCUT2D eigenvalue weighted by molar-refractivity contribution is -0.140. The Morgan fingerprint density at radius 1 is 0.917 bits per heavy atom. The van der Waals surface area contributed by atoms with Crippen molar-refractivity contribution in [2.75, 3.05) is 13.6 Å². The number of fused-ring (bicyclic) bond motifs is 1. The van der Waals surface area contributed by atoms with Gasteiger partial charge in [-0.3, -0.25) is 14.4 Å². The number of aryl methyl sites for hydroxylation is 1. The predicted molar refractivity (Wildman–Crippen MR) is 134 cm³/mol. The van der Waals surface area contributed by atoms with Crippen molar-refractivity contribution >= 4 is 27.7 Å². The van der Waals surface area contributed by atoms with Gasteiger partial charge in [0, 0.05) is 20.0 Å². The molecule has 1 aliphatic heterocycles. The van der Waals surface area contributed by atoms with E-state index in [-0.39, 0.29) is 23.4 Å². The Hall–Kier alpha value is -3.98. The highest BCUT2D eigenvalue weighted by Crippen LogP contribution is 2.30. The van der Waals surface area contributed by atoms with Gasteiger partial charge in [0.2, 0.25) is 11.8 Å². The molecule has 36 heavy (non-hydrogen) atoms. The van der Waals surface area contributed by atoms with E-state index in [1.54, 1.807) is 6.07 Å². The van der Waals surface area contributed by atoms with Crippen molar-refractivity contribution in [3.8, 4) is 0 Å². The molecule has 0 fully saturated rings. The van der Waals surface area contributed by atoms with E-state index < -0.39 is 40.3 Å². The van der Waals surface area contributed by atoms with Crippen molar-refractivity contribution in [3.63, 3.8) is 0 Å². The number of hydrogen-bond donors (Lipinski definition) is 1. The van der Waals surface area contributed by atoms with E-state index in [0.29, 0.717) is 4.31 Å². The summed E-state index contributed by atoms with van der Waals surface area (Å²) in [6, 6.07) is 21.7. The van der Waals surface area contributed by atoms with Crippen molar-refractivity contribution in [2.45, 2.75) is 30.8 Å². The zero-order chi connectivity index (χ0) is 25.9. The molecule has 3 aromatic carbocycles. The fraction of sp³-hybridized carbons (Fsp3) is 0.222. The standard InChI is InChI=1S/C27H27N3O5S/c1-19-12-14-21(15-13-19)17-29(23(26(32)28-2)16-20-8-4-3-5-9-20)25(31)18-30-27(33)22-10-6-7-11-24(22)36(30,34)35/h3-15,23H,16-18H2,1-2H3,(H,28,32)/t23-/m0/s1. The molecule has 3 aromatic rings. The summed E-state index contributed by atoms with van der Waals surface area (Å²) >= 11 is 0. The second kappa shape index (κ2) is 10.3. The second-order valence-electron chi connectivity index (χ2n) is 8.64. The van der Waals surface area contributed by atoms with Gasteiger partial charge in [0.1, 0.15) is 17.5 Å². The quantitative estimate of drug-likeness (QED) is 0.507. The molecular formula is C27H27N3O5S. The van der Waals surface area contributed by atoms with Crippen LogP contribution in [0, 0.1) is 6.92 Å². The fourth-order valence-electron chi connectivity index (χ4n) is 4.21. The lowest BCUT2D eigenvalue weighted by atomic mass is 10.0. The fourth-order valence-corrected chi connectivity index (χ4v) is 5.73. The maximum Gasteiger partial charge on any atom is 0.269 e. The largest absolute Gasteiger partial charge is 0.357 e. The Morgan fingerprint density at radius 2 is 1.56 bits per heavy atom. The Kier molecular flexibility index (Phi) is 7.21. The number of nitrogens with zero attached hydrogens (tertiary/aromatic N) is 2. The SMILES string of the molecule is CNC(=O)[C@H](Cc1ccccc1)N(Cc1ccc(C)cc1)C(=O)CN1C(=O)c2ccccc2S1(=O)=O. The maximum atomic E-state index is 13.7. The molecule has 4 rings (SSSR count). The summed E-state index contributed by atoms with van der Waals surface area (Å²) < 4.78 is 26.7. The number of sulfonamides is 1. The van der Waals surface area contributed by atoms with Gasteiger partial charge in [-0.2, -0.15) is 0 Å². The van der Waals surface area contributed by atoms with Crippen LogP contribution < -0.4 is 5.32 Å². The van der Waals surface area contributed by atoms with E-state index >= 15 is 0 Å². The van der Waals surface area contributed by atoms with Crippen molar-refractivity contribution < 1.29 is 22.8 Å². The lowest BCUT2D eigenvalue weighted by Gasteiger charge is -2.32. The van der Waals surface area contributed by atoms with E-state index in [1.165, 1.54) is 30.1 Å². The Bertz CT molecular complexity index is 1390. The van der Waals surface area contributed by atoms with E-state index in [2.05, 4.69) is 5.32 Å². The minimum absolute atomic E-state index is 0.0301. The van der Waals surface area contributed by atoms with Crippen LogP contribution in [0.15, 0.2) is 83.8 Å². The second-order valence-corrected chi connectivity index (χ2v) is 10.5. The molecule has 186 valence electrons. The number of carbonyl (C=O) groups is 3. The molecule has 1 N–H and O–H groups in total. The van der Waals surface area contributed by atoms with E-state index in [9.17, 15) is 22.8 Å². The summed E-state index contributed by atoms with van der Waals surface area (Å²) in [5.74, 6) is -1.79. The van der Waals surface area contributed by atoms with Crippen LogP contribution in [0.4, 0.5) is 0 Å². The predicted octanol–water partition coefficient (Wildman–Crippen LogP) is 2.53. The topological polar surface area (TPSA) is 104 Å². The van der Waals surface area contributed by atoms with Gasteiger partial charge in [-0.15, -0.1) is 0 Å². The van der Waals surface area contributed by atoms with Crippen LogP contribution in [-0.4, -0.2) is 55.0 Å². The molecule has 3 amide bonds. The molecule has 1 aliphatic rings. The Balaban J connectivity index is 1.69. The maximum absolute atomic E-state index is 13.7. The average molecular weight is 506 g/mol. The highest BCUT2D eigenvalue weighted by atomic mass is 32.2. The zero-order valence-corrected chi connectivity index (χ0v) is 20.9. The molecule has 0 saturated carbocycles. The van der Waals surface area contributed by atoms with Crippen molar-refractivity contribution in [1.29, 1.82) is 0 Å². The highest BCUT2D eigenvalue weighted by Gasteiger charge is 2.43. The molecule has 0 bridgehead atoms. The van der Waals surface area contributed by atoms with Crippen LogP contribution in [0.1, 0.15) is 27.0 Å². The van der Waals surface area contributed by atoms with Gasteiger partial charge in [0.05, 0.1) is 5.56 Å². The number of carbonyl (C=O) groups excluding carboxylic acids is 3. The highest BCUT2D eigenvalue weighted by molar-refractivity contribution is 7.90. The summed E-state index contributed by atoms with van der Waals surface area (Å²) in [7, 11) is -2.69. The first-order valence-electron chi connectivity index (χ1n) is 11.5. The molecular weight excluding hydrogens is 478 g/mol. The molecule has 9 heteroatoms. The smallest absolute Gasteiger partial charge is 0.269 e. The molecule has 0 radical (unpaired) electrons. The minimum Gasteiger partial charge on any atom is -0.357 e. The van der Waals surface area contributed by atoms with Gasteiger partial charge in [0.15, 0.2) is 0 Å². The van der Waals surface area contributed by atoms with Gasteiger partial charge in [0.25, 0.3) is 15.9 Å². The van der Waals surface area contributed by atoms with Crippen LogP contribution in [-0.2, 0) is 32.6 Å². The molecule has 1 heterocycles. The molecule has 0 spiro atoms. The van der Waals surface area contributed by atoms with Crippen LogP contribution in [0.3, 0.4) is 0 Å². The van der Waals surface area contributed by atoms with Crippen LogP contribution in [0.5, 0.6) is 0 Å². The first-order valence-corrected chi connectivity index (χ1v) is 12.9. The molecule has 0 aromatic heterocycles. The summed E-state index contributed by atoms with van der Waals surface area (Å²) in [6.45, 7) is 1.31. The number of nitrogens with one attached hydrogen (secondary N) is 1. The zero-order valence-electron chi connectivity index (χ0n) is 20.0. The average Bonchev–Trinajstić information content (AvgIpc) is 3.08. The molecule has 0 saturated heterocycles. The first kappa shape index (κ1) is 25.1. The Morgan fingerprint density at radius 3 is 2.19 bits per heavy atom. The van der Waals surface area contributed by atoms with Crippen LogP contribution in [0.25, 0.3) is 0 Å². The molecule has 0 unspecified atom stereocenters. The summed E-state index contributed by atoms with van der Waals surface area (Å²) in [5.41, 5.74) is 2.68. The molecule has 0 aliphatic carbocycles. The van der Waals surface area contributed by atoms with E-state index in [4.69, 9.17) is 0 Å². The van der Waals surface area contributed by atoms with Crippen LogP contribution in [0.2, 0.25) is 0 Å². The third-order valence-corrected chi connectivity index (χ3v) is 7.97. The molecule has 1 atom stereocenters. The van der Waals surface area contributed by atoms with Gasteiger partial charge in [-0.1, -0.05) is 72.3 Å². The minimum atomic E-state index is -4.18. The van der Waals surface area contributed by atoms with Crippen molar-refractivity contribution in [2.24, 2.45) is 0 Å². The van der Waals surface area contributed by atoms with Crippen LogP contribution >= 0.6 is 0 Å². The number of rotatable bonds is 8. The van der Waals surface area contributed by atoms with E-state index in [0.717, 1.165) is 16.7 Å². The summed E-state index contributed by atoms with van der Waals surface area (Å²) in [5, 5.41) is 2.62. The van der Waals surface area contributed by atoms with Crippen molar-refractivity contribution in [3.05, 3.63) is 101 Å². The number of likely N-dealkylation sites (N-methyl/N-ethyl adjacent to an activating group) is 1. The van der Waals surface area contributed by atoms with Gasteiger partial charge in [-0.25, -0.2) is 12.7 Å². The third kappa shape index (κ3) is 5.01. The monoisotopic (exact) mass is 505 g/mol. The normalized spacial score (nSPS) is 14.7. The number of hydrogen-bond acceptors (Lipinski definition) is 5. The number of benzene rings is 3. The molecule has 8 nitrogen and oxygen atoms in total. The third-order valence-electron chi connectivity index (χ3n) is 6.18. The summed E-state index contributed by atoms with van der Waals surface area (Å²) in [4.78, 5) is 40.8. The number of amides is 3. The summed E-state index contributed by atoms with van der Waals surface area (Å²) in [6.07, 6.45) is 0.221.